The van der Waals surface area contributed by atoms with E-state index < -0.39 is 11.9 Å². The summed E-state index contributed by atoms with van der Waals surface area (Å²) in [6.45, 7) is 6.76. The fourth-order valence-electron chi connectivity index (χ4n) is 4.24. The molecular formula is C20H28N2O3. The highest BCUT2D eigenvalue weighted by Crippen LogP contribution is 2.38. The molecule has 0 saturated carbocycles. The van der Waals surface area contributed by atoms with E-state index in [1.165, 1.54) is 5.56 Å². The lowest BCUT2D eigenvalue weighted by molar-refractivity contribution is -0.152. The third-order valence-electron chi connectivity index (χ3n) is 5.84. The van der Waals surface area contributed by atoms with Gasteiger partial charge in [0.1, 0.15) is 0 Å². The molecule has 1 N–H and O–H groups in total. The standard InChI is InChI=1S/C20H28N2O3/c1-13-4-5-16(10-14(13)2)19-17(20(24)25)6-7-18(23)22(19)12-15-8-9-21(3)11-15/h4-5,10,15,17,19H,6-9,11-12H2,1-3H3,(H,24,25). The molecule has 0 aliphatic carbocycles. The number of aryl methyl sites for hydroxylation is 2. The molecule has 2 heterocycles. The van der Waals surface area contributed by atoms with E-state index in [0.717, 1.165) is 30.6 Å². The number of carboxylic acids is 1. The van der Waals surface area contributed by atoms with E-state index >= 15 is 0 Å². The largest absolute Gasteiger partial charge is 0.481 e. The summed E-state index contributed by atoms with van der Waals surface area (Å²) in [6.07, 6.45) is 1.82. The summed E-state index contributed by atoms with van der Waals surface area (Å²) >= 11 is 0. The van der Waals surface area contributed by atoms with Crippen LogP contribution in [0, 0.1) is 25.7 Å². The maximum Gasteiger partial charge on any atom is 0.308 e. The van der Waals surface area contributed by atoms with Gasteiger partial charge < -0.3 is 14.9 Å². The van der Waals surface area contributed by atoms with Gasteiger partial charge in [0.2, 0.25) is 5.91 Å². The zero-order chi connectivity index (χ0) is 18.1. The van der Waals surface area contributed by atoms with Crippen molar-refractivity contribution in [2.45, 2.75) is 39.2 Å². The molecule has 1 aromatic carbocycles. The molecule has 3 unspecified atom stereocenters. The summed E-state index contributed by atoms with van der Waals surface area (Å²) in [5.41, 5.74) is 3.27. The van der Waals surface area contributed by atoms with Gasteiger partial charge in [-0.2, -0.15) is 0 Å². The van der Waals surface area contributed by atoms with Crippen molar-refractivity contribution in [2.24, 2.45) is 11.8 Å². The smallest absolute Gasteiger partial charge is 0.308 e. The van der Waals surface area contributed by atoms with Crippen molar-refractivity contribution in [3.05, 3.63) is 34.9 Å². The molecule has 2 aliphatic rings. The molecule has 0 radical (unpaired) electrons. The highest BCUT2D eigenvalue weighted by molar-refractivity contribution is 5.81. The second-order valence-corrected chi connectivity index (χ2v) is 7.73. The van der Waals surface area contributed by atoms with Gasteiger partial charge in [-0.3, -0.25) is 9.59 Å². The van der Waals surface area contributed by atoms with Gasteiger partial charge in [0.15, 0.2) is 0 Å². The van der Waals surface area contributed by atoms with Crippen LogP contribution in [0.25, 0.3) is 0 Å². The Balaban J connectivity index is 1.93. The number of hydrogen-bond acceptors (Lipinski definition) is 3. The summed E-state index contributed by atoms with van der Waals surface area (Å²) in [5, 5.41) is 9.75. The number of benzene rings is 1. The maximum atomic E-state index is 12.7. The highest BCUT2D eigenvalue weighted by atomic mass is 16.4. The van der Waals surface area contributed by atoms with Crippen molar-refractivity contribution >= 4 is 11.9 Å². The minimum Gasteiger partial charge on any atom is -0.481 e. The molecule has 1 aromatic rings. The summed E-state index contributed by atoms with van der Waals surface area (Å²) in [6, 6.07) is 5.73. The van der Waals surface area contributed by atoms with Gasteiger partial charge in [-0.05, 0) is 62.9 Å². The number of likely N-dealkylation sites (tertiary alicyclic amines) is 2. The number of carboxylic acid groups (broad SMARTS) is 1. The third kappa shape index (κ3) is 3.71. The molecule has 3 rings (SSSR count). The zero-order valence-corrected chi connectivity index (χ0v) is 15.4. The molecule has 2 fully saturated rings. The second-order valence-electron chi connectivity index (χ2n) is 7.73. The summed E-state index contributed by atoms with van der Waals surface area (Å²) in [4.78, 5) is 28.7. The van der Waals surface area contributed by atoms with E-state index in [9.17, 15) is 14.7 Å². The number of carbonyl (C=O) groups excluding carboxylic acids is 1. The minimum absolute atomic E-state index is 0.0929. The molecule has 3 atom stereocenters. The minimum atomic E-state index is -0.802. The third-order valence-corrected chi connectivity index (χ3v) is 5.84. The fraction of sp³-hybridized carbons (Fsp3) is 0.600. The number of piperidine rings is 1. The monoisotopic (exact) mass is 344 g/mol. The maximum absolute atomic E-state index is 12.7. The van der Waals surface area contributed by atoms with E-state index in [-0.39, 0.29) is 11.9 Å². The lowest BCUT2D eigenvalue weighted by atomic mass is 9.83. The van der Waals surface area contributed by atoms with Crippen LogP contribution in [-0.2, 0) is 9.59 Å². The van der Waals surface area contributed by atoms with Crippen LogP contribution in [0.3, 0.4) is 0 Å². The first-order chi connectivity index (χ1) is 11.9. The van der Waals surface area contributed by atoms with Crippen molar-refractivity contribution in [1.82, 2.24) is 9.80 Å². The van der Waals surface area contributed by atoms with Gasteiger partial charge in [0.05, 0.1) is 12.0 Å². The van der Waals surface area contributed by atoms with E-state index in [1.807, 2.05) is 30.9 Å². The summed E-state index contributed by atoms with van der Waals surface area (Å²) < 4.78 is 0. The molecule has 0 bridgehead atoms. The van der Waals surface area contributed by atoms with E-state index in [0.29, 0.717) is 25.3 Å². The SMILES string of the molecule is Cc1ccc(C2C(C(=O)O)CCC(=O)N2CC2CCN(C)C2)cc1C. The van der Waals surface area contributed by atoms with Gasteiger partial charge in [-0.1, -0.05) is 18.2 Å². The van der Waals surface area contributed by atoms with Crippen molar-refractivity contribution < 1.29 is 14.7 Å². The number of nitrogens with zero attached hydrogens (tertiary/aromatic N) is 2. The Hall–Kier alpha value is -1.88. The first-order valence-corrected chi connectivity index (χ1v) is 9.14. The molecule has 0 spiro atoms. The Bertz CT molecular complexity index is 673. The van der Waals surface area contributed by atoms with Crippen LogP contribution >= 0.6 is 0 Å². The summed E-state index contributed by atoms with van der Waals surface area (Å²) in [7, 11) is 2.10. The van der Waals surface area contributed by atoms with Gasteiger partial charge in [0, 0.05) is 19.5 Å². The Morgan fingerprint density at radius 2 is 2.00 bits per heavy atom. The van der Waals surface area contributed by atoms with E-state index in [2.05, 4.69) is 18.0 Å². The number of aliphatic carboxylic acids is 1. The van der Waals surface area contributed by atoms with Crippen LogP contribution in [0.4, 0.5) is 0 Å². The van der Waals surface area contributed by atoms with Crippen LogP contribution < -0.4 is 0 Å². The first-order valence-electron chi connectivity index (χ1n) is 9.14. The van der Waals surface area contributed by atoms with Gasteiger partial charge >= 0.3 is 5.97 Å². The molecule has 0 aromatic heterocycles. The lowest BCUT2D eigenvalue weighted by Crippen LogP contribution is -2.47. The van der Waals surface area contributed by atoms with Crippen LogP contribution in [0.2, 0.25) is 0 Å². The molecule has 2 aliphatic heterocycles. The summed E-state index contributed by atoms with van der Waals surface area (Å²) in [5.74, 6) is -0.811. The van der Waals surface area contributed by atoms with Crippen LogP contribution in [0.15, 0.2) is 18.2 Å². The molecule has 5 heteroatoms. The molecule has 5 nitrogen and oxygen atoms in total. The van der Waals surface area contributed by atoms with Crippen molar-refractivity contribution in [3.63, 3.8) is 0 Å². The Morgan fingerprint density at radius 3 is 2.60 bits per heavy atom. The van der Waals surface area contributed by atoms with Crippen LogP contribution in [0.5, 0.6) is 0 Å². The van der Waals surface area contributed by atoms with Gasteiger partial charge in [0.25, 0.3) is 0 Å². The molecule has 136 valence electrons. The molecule has 2 saturated heterocycles. The van der Waals surface area contributed by atoms with E-state index in [4.69, 9.17) is 0 Å². The Kier molecular flexibility index (Phi) is 5.13. The van der Waals surface area contributed by atoms with Crippen LogP contribution in [0.1, 0.15) is 42.0 Å². The molecule has 1 amide bonds. The average Bonchev–Trinajstić information content (AvgIpc) is 2.97. The molecule has 25 heavy (non-hydrogen) atoms. The van der Waals surface area contributed by atoms with E-state index in [1.54, 1.807) is 0 Å². The van der Waals surface area contributed by atoms with Crippen molar-refractivity contribution in [3.8, 4) is 0 Å². The van der Waals surface area contributed by atoms with Gasteiger partial charge in [-0.15, -0.1) is 0 Å². The van der Waals surface area contributed by atoms with Crippen LogP contribution in [-0.4, -0.2) is 53.5 Å². The topological polar surface area (TPSA) is 60.9 Å². The normalized spacial score (nSPS) is 27.7. The predicted octanol–water partition coefficient (Wildman–Crippen LogP) is 2.62. The average molecular weight is 344 g/mol. The van der Waals surface area contributed by atoms with Crippen molar-refractivity contribution in [1.29, 1.82) is 0 Å². The Labute approximate surface area is 149 Å². The number of rotatable bonds is 4. The molecular weight excluding hydrogens is 316 g/mol. The van der Waals surface area contributed by atoms with Gasteiger partial charge in [-0.25, -0.2) is 0 Å². The zero-order valence-electron chi connectivity index (χ0n) is 15.4. The first kappa shape index (κ1) is 17.9. The number of amides is 1. The van der Waals surface area contributed by atoms with Crippen molar-refractivity contribution in [2.75, 3.05) is 26.7 Å². The number of hydrogen-bond donors (Lipinski definition) is 1. The fourth-order valence-corrected chi connectivity index (χ4v) is 4.24. The quantitative estimate of drug-likeness (QED) is 0.912. The number of carbonyl (C=O) groups is 2. The Morgan fingerprint density at radius 1 is 1.24 bits per heavy atom. The predicted molar refractivity (Wildman–Crippen MR) is 96.3 cm³/mol. The highest BCUT2D eigenvalue weighted by Gasteiger charge is 2.41. The second kappa shape index (κ2) is 7.16. The lowest BCUT2D eigenvalue weighted by Gasteiger charge is -2.41.